The quantitative estimate of drug-likeness (QED) is 0.781. The van der Waals surface area contributed by atoms with Gasteiger partial charge in [-0.15, -0.1) is 11.3 Å². The van der Waals surface area contributed by atoms with E-state index in [1.54, 1.807) is 11.3 Å². The highest BCUT2D eigenvalue weighted by molar-refractivity contribution is 7.11. The molecule has 1 aliphatic rings. The number of aliphatic hydroxyl groups is 1. The molecular weight excluding hydrogens is 274 g/mol. The van der Waals surface area contributed by atoms with Gasteiger partial charge in [0.15, 0.2) is 0 Å². The second-order valence-corrected chi connectivity index (χ2v) is 6.65. The van der Waals surface area contributed by atoms with Crippen LogP contribution < -0.4 is 10.6 Å². The molecule has 2 rings (SSSR count). The molecule has 1 aliphatic carbocycles. The second kappa shape index (κ2) is 6.54. The fourth-order valence-corrected chi connectivity index (χ4v) is 3.31. The van der Waals surface area contributed by atoms with E-state index in [-0.39, 0.29) is 12.1 Å². The van der Waals surface area contributed by atoms with Gasteiger partial charge in [-0.2, -0.15) is 0 Å². The summed E-state index contributed by atoms with van der Waals surface area (Å²) in [6, 6.07) is -0.357. The Morgan fingerprint density at radius 2 is 2.25 bits per heavy atom. The Kier molecular flexibility index (Phi) is 4.99. The Hall–Kier alpha value is -1.14. The van der Waals surface area contributed by atoms with E-state index in [0.717, 1.165) is 37.1 Å². The fraction of sp³-hybridized carbons (Fsp3) is 0.714. The molecule has 0 aliphatic heterocycles. The van der Waals surface area contributed by atoms with Crippen LogP contribution in [-0.2, 0) is 6.42 Å². The number of rotatable bonds is 5. The van der Waals surface area contributed by atoms with Crippen LogP contribution in [0.15, 0.2) is 6.20 Å². The van der Waals surface area contributed by atoms with Gasteiger partial charge in [0.25, 0.3) is 0 Å². The Morgan fingerprint density at radius 3 is 2.85 bits per heavy atom. The summed E-state index contributed by atoms with van der Waals surface area (Å²) in [4.78, 5) is 17.4. The summed E-state index contributed by atoms with van der Waals surface area (Å²) in [5.41, 5.74) is -0.711. The Bertz CT molecular complexity index is 455. The lowest BCUT2D eigenvalue weighted by Gasteiger charge is -2.23. The molecule has 0 radical (unpaired) electrons. The van der Waals surface area contributed by atoms with Gasteiger partial charge in [-0.05, 0) is 26.2 Å². The molecule has 1 atom stereocenters. The molecule has 0 aromatic carbocycles. The molecule has 3 N–H and O–H groups in total. The Morgan fingerprint density at radius 1 is 1.55 bits per heavy atom. The van der Waals surface area contributed by atoms with Gasteiger partial charge in [-0.25, -0.2) is 9.78 Å². The first-order chi connectivity index (χ1) is 9.52. The summed E-state index contributed by atoms with van der Waals surface area (Å²) < 4.78 is 0. The molecule has 1 aromatic heterocycles. The first-order valence-corrected chi connectivity index (χ1v) is 8.05. The monoisotopic (exact) mass is 297 g/mol. The van der Waals surface area contributed by atoms with E-state index in [0.29, 0.717) is 6.54 Å². The van der Waals surface area contributed by atoms with E-state index in [1.807, 2.05) is 13.1 Å². The van der Waals surface area contributed by atoms with E-state index in [9.17, 15) is 9.90 Å². The average molecular weight is 297 g/mol. The van der Waals surface area contributed by atoms with Crippen molar-refractivity contribution < 1.29 is 9.90 Å². The number of aryl methyl sites for hydroxylation is 1. The molecular formula is C14H23N3O2S. The number of urea groups is 1. The smallest absolute Gasteiger partial charge is 0.315 e. The summed E-state index contributed by atoms with van der Waals surface area (Å²) in [7, 11) is 0. The number of aromatic nitrogens is 1. The maximum Gasteiger partial charge on any atom is 0.315 e. The zero-order valence-corrected chi connectivity index (χ0v) is 12.9. The molecule has 1 unspecified atom stereocenters. The zero-order chi connectivity index (χ0) is 14.6. The van der Waals surface area contributed by atoms with Crippen molar-refractivity contribution in [2.75, 3.05) is 6.54 Å². The maximum atomic E-state index is 11.8. The number of thiazole rings is 1. The third kappa shape index (κ3) is 3.93. The van der Waals surface area contributed by atoms with Gasteiger partial charge in [0.1, 0.15) is 5.01 Å². The zero-order valence-electron chi connectivity index (χ0n) is 12.1. The lowest BCUT2D eigenvalue weighted by Crippen LogP contribution is -2.45. The van der Waals surface area contributed by atoms with Crippen LogP contribution in [0.1, 0.15) is 55.5 Å². The van der Waals surface area contributed by atoms with E-state index in [4.69, 9.17) is 0 Å². The number of carbonyl (C=O) groups is 1. The molecule has 1 saturated carbocycles. The number of hydrogen-bond acceptors (Lipinski definition) is 4. The van der Waals surface area contributed by atoms with E-state index < -0.39 is 5.60 Å². The molecule has 1 heterocycles. The van der Waals surface area contributed by atoms with Gasteiger partial charge in [-0.3, -0.25) is 0 Å². The van der Waals surface area contributed by atoms with Crippen LogP contribution in [-0.4, -0.2) is 28.3 Å². The van der Waals surface area contributed by atoms with Crippen LogP contribution in [0.3, 0.4) is 0 Å². The van der Waals surface area contributed by atoms with Gasteiger partial charge >= 0.3 is 6.03 Å². The largest absolute Gasteiger partial charge is 0.388 e. The van der Waals surface area contributed by atoms with Crippen LogP contribution in [0.2, 0.25) is 0 Å². The Balaban J connectivity index is 1.78. The molecule has 20 heavy (non-hydrogen) atoms. The van der Waals surface area contributed by atoms with Crippen LogP contribution >= 0.6 is 11.3 Å². The normalized spacial score (nSPS) is 18.8. The molecule has 1 fully saturated rings. The van der Waals surface area contributed by atoms with Crippen LogP contribution in [0.5, 0.6) is 0 Å². The van der Waals surface area contributed by atoms with Crippen molar-refractivity contribution in [2.45, 2.75) is 57.6 Å². The highest BCUT2D eigenvalue weighted by atomic mass is 32.1. The molecule has 0 saturated heterocycles. The standard InChI is InChI=1S/C14H23N3O2S/c1-3-11-8-15-12(20-11)10(2)17-13(18)16-9-14(19)6-4-5-7-14/h8,10,19H,3-7,9H2,1-2H3,(H2,16,17,18). The summed E-state index contributed by atoms with van der Waals surface area (Å²) >= 11 is 1.62. The van der Waals surface area contributed by atoms with Crippen molar-refractivity contribution in [1.82, 2.24) is 15.6 Å². The van der Waals surface area contributed by atoms with Crippen molar-refractivity contribution in [3.63, 3.8) is 0 Å². The lowest BCUT2D eigenvalue weighted by atomic mass is 10.0. The fourth-order valence-electron chi connectivity index (χ4n) is 2.45. The summed E-state index contributed by atoms with van der Waals surface area (Å²) in [5.74, 6) is 0. The predicted molar refractivity (Wildman–Crippen MR) is 79.9 cm³/mol. The minimum atomic E-state index is -0.711. The number of hydrogen-bond donors (Lipinski definition) is 3. The third-order valence-electron chi connectivity index (χ3n) is 3.75. The predicted octanol–water partition coefficient (Wildman–Crippen LogP) is 2.37. The molecule has 0 spiro atoms. The van der Waals surface area contributed by atoms with Gasteiger partial charge < -0.3 is 15.7 Å². The number of nitrogens with one attached hydrogen (secondary N) is 2. The van der Waals surface area contributed by atoms with Crippen molar-refractivity contribution in [3.8, 4) is 0 Å². The second-order valence-electron chi connectivity index (χ2n) is 5.50. The lowest BCUT2D eigenvalue weighted by molar-refractivity contribution is 0.0500. The summed E-state index contributed by atoms with van der Waals surface area (Å²) in [6.07, 6.45) is 6.44. The number of carbonyl (C=O) groups excluding carboxylic acids is 1. The van der Waals surface area contributed by atoms with Crippen molar-refractivity contribution in [2.24, 2.45) is 0 Å². The van der Waals surface area contributed by atoms with E-state index >= 15 is 0 Å². The van der Waals surface area contributed by atoms with E-state index in [2.05, 4.69) is 22.5 Å². The minimum Gasteiger partial charge on any atom is -0.388 e. The van der Waals surface area contributed by atoms with Gasteiger partial charge in [0.05, 0.1) is 11.6 Å². The molecule has 1 aromatic rings. The SMILES string of the molecule is CCc1cnc(C(C)NC(=O)NCC2(O)CCCC2)s1. The highest BCUT2D eigenvalue weighted by Gasteiger charge is 2.31. The van der Waals surface area contributed by atoms with Crippen molar-refractivity contribution in [3.05, 3.63) is 16.1 Å². The minimum absolute atomic E-state index is 0.112. The average Bonchev–Trinajstić information content (AvgIpc) is 3.05. The first-order valence-electron chi connectivity index (χ1n) is 7.24. The first kappa shape index (κ1) is 15.3. The van der Waals surface area contributed by atoms with Gasteiger partial charge in [0, 0.05) is 17.6 Å². The molecule has 112 valence electrons. The van der Waals surface area contributed by atoms with Crippen LogP contribution in [0.4, 0.5) is 4.79 Å². The summed E-state index contributed by atoms with van der Waals surface area (Å²) in [5, 5.41) is 16.7. The molecule has 5 nitrogen and oxygen atoms in total. The van der Waals surface area contributed by atoms with Gasteiger partial charge in [-0.1, -0.05) is 19.8 Å². The number of nitrogens with zero attached hydrogens (tertiary/aromatic N) is 1. The highest BCUT2D eigenvalue weighted by Crippen LogP contribution is 2.28. The van der Waals surface area contributed by atoms with Crippen molar-refractivity contribution in [1.29, 1.82) is 0 Å². The third-order valence-corrected chi connectivity index (χ3v) is 5.07. The van der Waals surface area contributed by atoms with Crippen molar-refractivity contribution >= 4 is 17.4 Å². The van der Waals surface area contributed by atoms with Gasteiger partial charge in [0.2, 0.25) is 0 Å². The summed E-state index contributed by atoms with van der Waals surface area (Å²) in [6.45, 7) is 4.33. The van der Waals surface area contributed by atoms with Crippen LogP contribution in [0.25, 0.3) is 0 Å². The van der Waals surface area contributed by atoms with E-state index in [1.165, 1.54) is 4.88 Å². The van der Waals surface area contributed by atoms with Crippen LogP contribution in [0, 0.1) is 0 Å². The molecule has 0 bridgehead atoms. The number of amides is 2. The Labute approximate surface area is 123 Å². The molecule has 2 amide bonds. The topological polar surface area (TPSA) is 74.2 Å². The molecule has 6 heteroatoms. The maximum absolute atomic E-state index is 11.8.